The summed E-state index contributed by atoms with van der Waals surface area (Å²) < 4.78 is 18.3. The van der Waals surface area contributed by atoms with E-state index >= 15 is 0 Å². The van der Waals surface area contributed by atoms with Gasteiger partial charge in [0.2, 0.25) is 0 Å². The molecular formula is C19H13BO3. The van der Waals surface area contributed by atoms with Crippen molar-refractivity contribution >= 4 is 17.6 Å². The fraction of sp³-hybridized carbons (Fsp3) is 0.0526. The third kappa shape index (κ3) is 1.50. The van der Waals surface area contributed by atoms with Gasteiger partial charge in [-0.3, -0.25) is 0 Å². The molecule has 0 amide bonds. The Hall–Kier alpha value is -2.88. The van der Waals surface area contributed by atoms with Crippen LogP contribution in [0.3, 0.4) is 0 Å². The zero-order valence-corrected chi connectivity index (χ0v) is 12.6. The first-order chi connectivity index (χ1) is 11.3. The van der Waals surface area contributed by atoms with Crippen LogP contribution in [0.1, 0.15) is 6.92 Å². The maximum atomic E-state index is 6.10. The van der Waals surface area contributed by atoms with E-state index in [1.54, 1.807) is 6.08 Å². The zero-order valence-electron chi connectivity index (χ0n) is 12.6. The van der Waals surface area contributed by atoms with E-state index in [2.05, 4.69) is 6.58 Å². The maximum Gasteiger partial charge on any atom is 0.270 e. The smallest absolute Gasteiger partial charge is 0.270 e. The fourth-order valence-corrected chi connectivity index (χ4v) is 3.64. The van der Waals surface area contributed by atoms with Crippen LogP contribution in [0.4, 0.5) is 0 Å². The van der Waals surface area contributed by atoms with Crippen molar-refractivity contribution in [3.05, 3.63) is 72.1 Å². The number of allylic oxidation sites excluding steroid dienone is 3. The summed E-state index contributed by atoms with van der Waals surface area (Å²) in [6, 6.07) is 11.8. The summed E-state index contributed by atoms with van der Waals surface area (Å²) in [5.41, 5.74) is 3.15. The monoisotopic (exact) mass is 300 g/mol. The number of hydrogen-bond acceptors (Lipinski definition) is 3. The van der Waals surface area contributed by atoms with Crippen LogP contribution in [0, 0.1) is 0 Å². The summed E-state index contributed by atoms with van der Waals surface area (Å²) in [5, 5.41) is 0. The van der Waals surface area contributed by atoms with Gasteiger partial charge in [0.25, 0.3) is 6.71 Å². The van der Waals surface area contributed by atoms with Crippen LogP contribution >= 0.6 is 0 Å². The molecule has 0 unspecified atom stereocenters. The molecule has 0 atom stereocenters. The van der Waals surface area contributed by atoms with Crippen LogP contribution in [0.5, 0.6) is 23.0 Å². The topological polar surface area (TPSA) is 27.7 Å². The standard InChI is InChI=1S/C19H13BO3/c1-3-11-17-12(4-2)22-14-8-6-10-16-19(14)20(17)18-13(21-11)7-5-9-15(18)23-16/h3-10H,1H2,2H3/b12-4+. The van der Waals surface area contributed by atoms with Crippen LogP contribution in [-0.4, -0.2) is 6.71 Å². The van der Waals surface area contributed by atoms with E-state index in [9.17, 15) is 0 Å². The van der Waals surface area contributed by atoms with Gasteiger partial charge < -0.3 is 14.2 Å². The van der Waals surface area contributed by atoms with Gasteiger partial charge in [0, 0.05) is 16.4 Å². The molecule has 0 bridgehead atoms. The lowest BCUT2D eigenvalue weighted by atomic mass is 9.33. The average Bonchev–Trinajstić information content (AvgIpc) is 2.60. The molecule has 110 valence electrons. The Morgan fingerprint density at radius 1 is 0.870 bits per heavy atom. The van der Waals surface area contributed by atoms with E-state index in [1.165, 1.54) is 0 Å². The van der Waals surface area contributed by atoms with Gasteiger partial charge in [-0.05, 0) is 43.3 Å². The quantitative estimate of drug-likeness (QED) is 0.758. The van der Waals surface area contributed by atoms with Crippen LogP contribution in [-0.2, 0) is 0 Å². The van der Waals surface area contributed by atoms with Crippen molar-refractivity contribution in [3.8, 4) is 23.0 Å². The van der Waals surface area contributed by atoms with Gasteiger partial charge in [-0.1, -0.05) is 18.7 Å². The minimum atomic E-state index is 0.0582. The molecule has 0 N–H and O–H groups in total. The molecule has 5 rings (SSSR count). The molecule has 2 aromatic rings. The Bertz CT molecular complexity index is 940. The van der Waals surface area contributed by atoms with Crippen LogP contribution in [0.25, 0.3) is 0 Å². The van der Waals surface area contributed by atoms with Crippen molar-refractivity contribution in [2.45, 2.75) is 6.92 Å². The minimum Gasteiger partial charge on any atom is -0.459 e. The largest absolute Gasteiger partial charge is 0.459 e. The molecule has 0 saturated heterocycles. The second-order valence-electron chi connectivity index (χ2n) is 5.71. The maximum absolute atomic E-state index is 6.10. The van der Waals surface area contributed by atoms with E-state index in [0.29, 0.717) is 0 Å². The van der Waals surface area contributed by atoms with Crippen molar-refractivity contribution in [3.63, 3.8) is 0 Å². The van der Waals surface area contributed by atoms with Gasteiger partial charge in [0.05, 0.1) is 0 Å². The Kier molecular flexibility index (Phi) is 2.38. The molecule has 4 heteroatoms. The number of ether oxygens (including phenoxy) is 3. The van der Waals surface area contributed by atoms with E-state index in [0.717, 1.165) is 50.9 Å². The lowest BCUT2D eigenvalue weighted by Gasteiger charge is -2.38. The molecule has 23 heavy (non-hydrogen) atoms. The van der Waals surface area contributed by atoms with E-state index in [-0.39, 0.29) is 6.71 Å². The zero-order chi connectivity index (χ0) is 15.6. The van der Waals surface area contributed by atoms with E-state index in [1.807, 2.05) is 49.4 Å². The average molecular weight is 300 g/mol. The predicted molar refractivity (Wildman–Crippen MR) is 90.2 cm³/mol. The SMILES string of the molecule is C=CC1=C2B3c4c(cccc4Oc4cccc(c43)O/C2=C/C)O1. The Labute approximate surface area is 134 Å². The lowest BCUT2D eigenvalue weighted by molar-refractivity contribution is 0.399. The van der Waals surface area contributed by atoms with Crippen molar-refractivity contribution in [2.24, 2.45) is 0 Å². The van der Waals surface area contributed by atoms with E-state index in [4.69, 9.17) is 14.2 Å². The van der Waals surface area contributed by atoms with Gasteiger partial charge in [-0.2, -0.15) is 0 Å². The molecule has 0 saturated carbocycles. The molecular weight excluding hydrogens is 287 g/mol. The molecule has 0 aromatic heterocycles. The summed E-state index contributed by atoms with van der Waals surface area (Å²) >= 11 is 0. The van der Waals surface area contributed by atoms with Gasteiger partial charge in [0.15, 0.2) is 0 Å². The van der Waals surface area contributed by atoms with E-state index < -0.39 is 0 Å². The first-order valence-corrected chi connectivity index (χ1v) is 7.64. The first kappa shape index (κ1) is 12.6. The molecule has 0 radical (unpaired) electrons. The summed E-state index contributed by atoms with van der Waals surface area (Å²) in [6.45, 7) is 5.94. The number of hydrogen-bond donors (Lipinski definition) is 0. The van der Waals surface area contributed by atoms with Gasteiger partial charge in [0.1, 0.15) is 34.5 Å². The third-order valence-corrected chi connectivity index (χ3v) is 4.56. The lowest BCUT2D eigenvalue weighted by Crippen LogP contribution is -2.54. The highest BCUT2D eigenvalue weighted by Crippen LogP contribution is 2.41. The van der Waals surface area contributed by atoms with Crippen molar-refractivity contribution < 1.29 is 14.2 Å². The molecule has 0 aliphatic carbocycles. The van der Waals surface area contributed by atoms with Crippen molar-refractivity contribution in [1.82, 2.24) is 0 Å². The molecule has 3 aliphatic rings. The minimum absolute atomic E-state index is 0.0582. The second-order valence-corrected chi connectivity index (χ2v) is 5.71. The highest BCUT2D eigenvalue weighted by atomic mass is 16.5. The molecule has 3 aliphatic heterocycles. The van der Waals surface area contributed by atoms with Gasteiger partial charge in [-0.25, -0.2) is 0 Å². The first-order valence-electron chi connectivity index (χ1n) is 7.64. The molecule has 2 aromatic carbocycles. The molecule has 0 fully saturated rings. The Morgan fingerprint density at radius 3 is 2.00 bits per heavy atom. The Morgan fingerprint density at radius 2 is 1.43 bits per heavy atom. The van der Waals surface area contributed by atoms with Gasteiger partial charge in [-0.15, -0.1) is 0 Å². The summed E-state index contributed by atoms with van der Waals surface area (Å²) in [4.78, 5) is 0. The summed E-state index contributed by atoms with van der Waals surface area (Å²) in [6.07, 6.45) is 3.72. The van der Waals surface area contributed by atoms with Crippen LogP contribution in [0.2, 0.25) is 0 Å². The van der Waals surface area contributed by atoms with Crippen molar-refractivity contribution in [1.29, 1.82) is 0 Å². The molecule has 3 heterocycles. The normalized spacial score (nSPS) is 18.0. The van der Waals surface area contributed by atoms with Crippen LogP contribution < -0.4 is 25.1 Å². The molecule has 3 nitrogen and oxygen atoms in total. The number of benzene rings is 2. The molecule has 0 spiro atoms. The second kappa shape index (κ2) is 4.32. The van der Waals surface area contributed by atoms with Crippen molar-refractivity contribution in [2.75, 3.05) is 0 Å². The highest BCUT2D eigenvalue weighted by Gasteiger charge is 2.46. The Balaban J connectivity index is 1.93. The predicted octanol–water partition coefficient (Wildman–Crippen LogP) is 3.07. The fourth-order valence-electron chi connectivity index (χ4n) is 3.64. The van der Waals surface area contributed by atoms with Crippen LogP contribution in [0.15, 0.2) is 72.1 Å². The van der Waals surface area contributed by atoms with Gasteiger partial charge >= 0.3 is 0 Å². The highest BCUT2D eigenvalue weighted by molar-refractivity contribution is 6.94. The summed E-state index contributed by atoms with van der Waals surface area (Å²) in [5.74, 6) is 4.91. The summed E-state index contributed by atoms with van der Waals surface area (Å²) in [7, 11) is 0. The number of rotatable bonds is 1. The third-order valence-electron chi connectivity index (χ3n) is 4.56.